The fourth-order valence-corrected chi connectivity index (χ4v) is 3.64. The molecule has 0 aliphatic carbocycles. The van der Waals surface area contributed by atoms with Crippen LogP contribution in [-0.4, -0.2) is 47.5 Å². The lowest BCUT2D eigenvalue weighted by Crippen LogP contribution is -2.60. The molecule has 1 aliphatic rings. The minimum atomic E-state index is -1.27. The third-order valence-corrected chi connectivity index (χ3v) is 5.36. The Balaban J connectivity index is 1.45. The van der Waals surface area contributed by atoms with Gasteiger partial charge in [0.1, 0.15) is 36.8 Å². The standard InChI is InChI=1S/C26H28O6/c27-23-22(18-29-21-14-8-3-9-15-21)32-26(28)25(31-17-20-12-6-2-7-13-20)24(23)30-16-19-10-4-1-5-11-19/h1-15,22-28H,16-18H2/t22-,23-,24+,25-,26+/m1/s1. The van der Waals surface area contributed by atoms with Crippen molar-refractivity contribution in [2.75, 3.05) is 6.61 Å². The van der Waals surface area contributed by atoms with E-state index in [-0.39, 0.29) is 19.8 Å². The lowest BCUT2D eigenvalue weighted by molar-refractivity contribution is -0.306. The van der Waals surface area contributed by atoms with Crippen LogP contribution in [0, 0.1) is 0 Å². The third-order valence-electron chi connectivity index (χ3n) is 5.36. The van der Waals surface area contributed by atoms with E-state index in [1.807, 2.05) is 91.0 Å². The Morgan fingerprint density at radius 1 is 0.656 bits per heavy atom. The molecule has 0 aromatic heterocycles. The van der Waals surface area contributed by atoms with Crippen molar-refractivity contribution in [3.05, 3.63) is 102 Å². The second kappa shape index (κ2) is 11.2. The predicted octanol–water partition coefficient (Wildman–Crippen LogP) is 3.31. The second-order valence-electron chi connectivity index (χ2n) is 7.70. The van der Waals surface area contributed by atoms with Gasteiger partial charge < -0.3 is 29.2 Å². The van der Waals surface area contributed by atoms with E-state index in [1.165, 1.54) is 0 Å². The summed E-state index contributed by atoms with van der Waals surface area (Å²) in [6.45, 7) is 0.598. The zero-order chi connectivity index (χ0) is 22.2. The van der Waals surface area contributed by atoms with Crippen molar-refractivity contribution >= 4 is 0 Å². The average Bonchev–Trinajstić information content (AvgIpc) is 2.84. The highest BCUT2D eigenvalue weighted by atomic mass is 16.7. The normalized spacial score (nSPS) is 25.4. The van der Waals surface area contributed by atoms with E-state index in [0.717, 1.165) is 11.1 Å². The quantitative estimate of drug-likeness (QED) is 0.536. The molecule has 3 aromatic carbocycles. The number of aliphatic hydroxyl groups excluding tert-OH is 2. The molecule has 0 unspecified atom stereocenters. The molecule has 3 aromatic rings. The number of ether oxygens (including phenoxy) is 4. The minimum Gasteiger partial charge on any atom is -0.491 e. The molecule has 32 heavy (non-hydrogen) atoms. The first-order valence-corrected chi connectivity index (χ1v) is 10.7. The van der Waals surface area contributed by atoms with Crippen molar-refractivity contribution in [3.63, 3.8) is 0 Å². The van der Waals surface area contributed by atoms with Gasteiger partial charge in [-0.2, -0.15) is 0 Å². The van der Waals surface area contributed by atoms with Gasteiger partial charge in [0.25, 0.3) is 0 Å². The van der Waals surface area contributed by atoms with E-state index in [2.05, 4.69) is 0 Å². The first-order chi connectivity index (χ1) is 15.7. The van der Waals surface area contributed by atoms with Crippen LogP contribution >= 0.6 is 0 Å². The molecule has 168 valence electrons. The Hall–Kier alpha value is -2.74. The number of hydrogen-bond donors (Lipinski definition) is 2. The summed E-state index contributed by atoms with van der Waals surface area (Å²) in [5.41, 5.74) is 1.91. The van der Waals surface area contributed by atoms with E-state index in [0.29, 0.717) is 5.75 Å². The van der Waals surface area contributed by atoms with Gasteiger partial charge in [0, 0.05) is 0 Å². The largest absolute Gasteiger partial charge is 0.491 e. The van der Waals surface area contributed by atoms with Crippen LogP contribution < -0.4 is 4.74 Å². The molecule has 0 amide bonds. The molecule has 2 N–H and O–H groups in total. The highest BCUT2D eigenvalue weighted by molar-refractivity contribution is 5.21. The molecule has 5 atom stereocenters. The van der Waals surface area contributed by atoms with Gasteiger partial charge >= 0.3 is 0 Å². The molecule has 1 fully saturated rings. The fourth-order valence-electron chi connectivity index (χ4n) is 3.64. The van der Waals surface area contributed by atoms with Gasteiger partial charge in [0.15, 0.2) is 6.29 Å². The first kappa shape index (κ1) is 22.5. The van der Waals surface area contributed by atoms with Crippen molar-refractivity contribution in [1.82, 2.24) is 0 Å². The first-order valence-electron chi connectivity index (χ1n) is 10.7. The molecule has 4 rings (SSSR count). The van der Waals surface area contributed by atoms with Crippen LogP contribution in [0.3, 0.4) is 0 Å². The minimum absolute atomic E-state index is 0.0683. The summed E-state index contributed by atoms with van der Waals surface area (Å²) in [6, 6.07) is 28.6. The van der Waals surface area contributed by atoms with Gasteiger partial charge in [-0.3, -0.25) is 0 Å². The average molecular weight is 437 g/mol. The van der Waals surface area contributed by atoms with E-state index in [9.17, 15) is 10.2 Å². The maximum absolute atomic E-state index is 11.0. The zero-order valence-electron chi connectivity index (χ0n) is 17.7. The van der Waals surface area contributed by atoms with E-state index in [4.69, 9.17) is 18.9 Å². The van der Waals surface area contributed by atoms with Crippen molar-refractivity contribution in [3.8, 4) is 5.75 Å². The van der Waals surface area contributed by atoms with Crippen LogP contribution in [0.5, 0.6) is 5.75 Å². The smallest absolute Gasteiger partial charge is 0.184 e. The molecule has 6 nitrogen and oxygen atoms in total. The maximum Gasteiger partial charge on any atom is 0.184 e. The number of rotatable bonds is 9. The predicted molar refractivity (Wildman–Crippen MR) is 119 cm³/mol. The van der Waals surface area contributed by atoms with Gasteiger partial charge in [-0.15, -0.1) is 0 Å². The summed E-state index contributed by atoms with van der Waals surface area (Å²) in [4.78, 5) is 0. The molecule has 1 heterocycles. The van der Waals surface area contributed by atoms with Crippen LogP contribution in [0.2, 0.25) is 0 Å². The van der Waals surface area contributed by atoms with E-state index in [1.54, 1.807) is 0 Å². The molecule has 0 spiro atoms. The van der Waals surface area contributed by atoms with Crippen molar-refractivity contribution in [2.24, 2.45) is 0 Å². The summed E-state index contributed by atoms with van der Waals surface area (Å²) < 4.78 is 23.5. The summed E-state index contributed by atoms with van der Waals surface area (Å²) in [7, 11) is 0. The highest BCUT2D eigenvalue weighted by Crippen LogP contribution is 2.27. The molecule has 6 heteroatoms. The van der Waals surface area contributed by atoms with Crippen molar-refractivity contribution < 1.29 is 29.2 Å². The van der Waals surface area contributed by atoms with Crippen molar-refractivity contribution in [2.45, 2.75) is 43.9 Å². The van der Waals surface area contributed by atoms with Crippen molar-refractivity contribution in [1.29, 1.82) is 0 Å². The Labute approximate surface area is 188 Å². The van der Waals surface area contributed by atoms with Gasteiger partial charge in [0.05, 0.1) is 13.2 Å². The Morgan fingerprint density at radius 3 is 1.72 bits per heavy atom. The Bertz CT molecular complexity index is 921. The summed E-state index contributed by atoms with van der Waals surface area (Å²) >= 11 is 0. The molecular weight excluding hydrogens is 408 g/mol. The summed E-state index contributed by atoms with van der Waals surface area (Å²) in [6.07, 6.45) is -4.75. The van der Waals surface area contributed by atoms with E-state index < -0.39 is 30.7 Å². The van der Waals surface area contributed by atoms with E-state index >= 15 is 0 Å². The molecule has 1 saturated heterocycles. The van der Waals surface area contributed by atoms with Crippen LogP contribution in [0.25, 0.3) is 0 Å². The monoisotopic (exact) mass is 436 g/mol. The summed E-state index contributed by atoms with van der Waals surface area (Å²) in [5.74, 6) is 0.655. The topological polar surface area (TPSA) is 77.4 Å². The lowest BCUT2D eigenvalue weighted by atomic mass is 9.98. The third kappa shape index (κ3) is 5.94. The Morgan fingerprint density at radius 2 is 1.16 bits per heavy atom. The molecule has 0 bridgehead atoms. The van der Waals surface area contributed by atoms with Gasteiger partial charge in [-0.05, 0) is 23.3 Å². The molecule has 0 saturated carbocycles. The number of aliphatic hydroxyl groups is 2. The van der Waals surface area contributed by atoms with Crippen LogP contribution in [0.1, 0.15) is 11.1 Å². The SMILES string of the molecule is O[C@H]1[C@H](OCc2ccccc2)[C@@H](OCc2ccccc2)[C@@H](O)O[C@@H]1COc1ccccc1. The fraction of sp³-hybridized carbons (Fsp3) is 0.308. The molecule has 1 aliphatic heterocycles. The number of benzene rings is 3. The van der Waals surface area contributed by atoms with Crippen LogP contribution in [0.4, 0.5) is 0 Å². The van der Waals surface area contributed by atoms with Gasteiger partial charge in [-0.25, -0.2) is 0 Å². The number of hydrogen-bond acceptors (Lipinski definition) is 6. The second-order valence-corrected chi connectivity index (χ2v) is 7.70. The summed E-state index contributed by atoms with van der Waals surface area (Å²) in [5, 5.41) is 21.8. The van der Waals surface area contributed by atoms with Gasteiger partial charge in [0.2, 0.25) is 0 Å². The highest BCUT2D eigenvalue weighted by Gasteiger charge is 2.46. The molecular formula is C26H28O6. The zero-order valence-corrected chi connectivity index (χ0v) is 17.7. The lowest BCUT2D eigenvalue weighted by Gasteiger charge is -2.42. The van der Waals surface area contributed by atoms with Gasteiger partial charge in [-0.1, -0.05) is 78.9 Å². The molecule has 0 radical (unpaired) electrons. The Kier molecular flexibility index (Phi) is 7.87. The van der Waals surface area contributed by atoms with Crippen LogP contribution in [-0.2, 0) is 27.4 Å². The number of para-hydroxylation sites is 1. The maximum atomic E-state index is 11.0. The van der Waals surface area contributed by atoms with Crippen LogP contribution in [0.15, 0.2) is 91.0 Å².